The lowest BCUT2D eigenvalue weighted by Gasteiger charge is -2.30. The third-order valence-corrected chi connectivity index (χ3v) is 6.61. The van der Waals surface area contributed by atoms with Crippen LogP contribution in [-0.2, 0) is 23.4 Å². The largest absolute Gasteiger partial charge is 0.480 e. The highest BCUT2D eigenvalue weighted by Gasteiger charge is 2.46. The summed E-state index contributed by atoms with van der Waals surface area (Å²) >= 11 is 0. The minimum absolute atomic E-state index is 0.168. The van der Waals surface area contributed by atoms with Gasteiger partial charge in [-0.25, -0.2) is 4.57 Å². The van der Waals surface area contributed by atoms with E-state index in [-0.39, 0.29) is 17.9 Å². The number of aliphatic hydroxyl groups excluding tert-OH is 2. The lowest BCUT2D eigenvalue weighted by molar-refractivity contribution is -0.138. The number of rotatable bonds is 10. The predicted molar refractivity (Wildman–Crippen MR) is 115 cm³/mol. The van der Waals surface area contributed by atoms with E-state index >= 15 is 0 Å². The number of nitrogens with zero attached hydrogens (tertiary/aromatic N) is 1. The van der Waals surface area contributed by atoms with E-state index in [2.05, 4.69) is 5.09 Å². The monoisotopic (exact) mass is 483 g/mol. The quantitative estimate of drug-likeness (QED) is 0.281. The normalized spacial score (nSPS) is 27.5. The highest BCUT2D eigenvalue weighted by atomic mass is 31.2. The first-order valence-corrected chi connectivity index (χ1v) is 11.6. The first-order valence-electron chi connectivity index (χ1n) is 10.0. The Labute approximate surface area is 189 Å². The molecule has 2 unspecified atom stereocenters. The Morgan fingerprint density at radius 2 is 2.00 bits per heavy atom. The summed E-state index contributed by atoms with van der Waals surface area (Å²) in [4.78, 5) is 24.2. The van der Waals surface area contributed by atoms with Gasteiger partial charge in [0.2, 0.25) is 5.91 Å². The van der Waals surface area contributed by atoms with Crippen molar-refractivity contribution in [2.24, 2.45) is 5.73 Å². The van der Waals surface area contributed by atoms with Gasteiger partial charge in [-0.1, -0.05) is 30.4 Å². The Hall–Kier alpha value is -2.73. The molecule has 0 bridgehead atoms. The van der Waals surface area contributed by atoms with E-state index < -0.39 is 56.8 Å². The first kappa shape index (κ1) is 24.9. The van der Waals surface area contributed by atoms with Crippen molar-refractivity contribution in [3.63, 3.8) is 0 Å². The number of carboxylic acids is 1. The van der Waals surface area contributed by atoms with Gasteiger partial charge < -0.3 is 35.2 Å². The highest BCUT2D eigenvalue weighted by molar-refractivity contribution is 7.52. The number of carbonyl (C=O) groups is 2. The summed E-state index contributed by atoms with van der Waals surface area (Å²) in [6.07, 6.45) is -0.380. The molecule has 1 aromatic carbocycles. The molecule has 180 valence electrons. The molecule has 0 aromatic heterocycles. The van der Waals surface area contributed by atoms with Crippen LogP contribution < -0.4 is 15.3 Å². The number of hydrogen-bond donors (Lipinski definition) is 5. The van der Waals surface area contributed by atoms with Crippen molar-refractivity contribution in [1.82, 2.24) is 9.99 Å². The number of ether oxygens (including phenoxy) is 1. The van der Waals surface area contributed by atoms with Gasteiger partial charge in [0.1, 0.15) is 30.1 Å². The summed E-state index contributed by atoms with van der Waals surface area (Å²) in [6, 6.07) is 6.72. The number of nitrogens with two attached hydrogens (primary N) is 1. The van der Waals surface area contributed by atoms with E-state index in [4.69, 9.17) is 24.6 Å². The summed E-state index contributed by atoms with van der Waals surface area (Å²) in [5.74, 6) is -1.78. The zero-order valence-corrected chi connectivity index (χ0v) is 18.6. The molecule has 12 nitrogen and oxygen atoms in total. The van der Waals surface area contributed by atoms with Crippen LogP contribution in [0.4, 0.5) is 0 Å². The summed E-state index contributed by atoms with van der Waals surface area (Å²) in [6.45, 7) is 1.06. The zero-order chi connectivity index (χ0) is 24.2. The van der Waals surface area contributed by atoms with Gasteiger partial charge in [0.05, 0.1) is 12.2 Å². The molecule has 6 N–H and O–H groups in total. The third-order valence-electron chi connectivity index (χ3n) is 4.97. The Morgan fingerprint density at radius 3 is 2.64 bits per heavy atom. The summed E-state index contributed by atoms with van der Waals surface area (Å²) in [7, 11) is -4.23. The fraction of sp³-hybridized carbons (Fsp3) is 0.400. The number of para-hydroxylation sites is 1. The van der Waals surface area contributed by atoms with Crippen LogP contribution in [0.3, 0.4) is 0 Å². The second-order valence-electron chi connectivity index (χ2n) is 7.48. The van der Waals surface area contributed by atoms with Crippen LogP contribution in [0.25, 0.3) is 0 Å². The van der Waals surface area contributed by atoms with Crippen LogP contribution in [0.5, 0.6) is 5.75 Å². The number of primary amides is 1. The predicted octanol–water partition coefficient (Wildman–Crippen LogP) is -0.0595. The van der Waals surface area contributed by atoms with Crippen LogP contribution >= 0.6 is 7.75 Å². The van der Waals surface area contributed by atoms with Crippen molar-refractivity contribution >= 4 is 19.6 Å². The fourth-order valence-corrected chi connectivity index (χ4v) is 4.72. The molecule has 33 heavy (non-hydrogen) atoms. The Kier molecular flexibility index (Phi) is 7.90. The van der Waals surface area contributed by atoms with Crippen molar-refractivity contribution in [3.8, 4) is 5.75 Å². The van der Waals surface area contributed by atoms with Gasteiger partial charge >= 0.3 is 13.7 Å². The van der Waals surface area contributed by atoms with E-state index in [1.54, 1.807) is 24.3 Å². The summed E-state index contributed by atoms with van der Waals surface area (Å²) in [5, 5.41) is 32.4. The Balaban J connectivity index is 1.70. The van der Waals surface area contributed by atoms with Crippen molar-refractivity contribution in [2.45, 2.75) is 37.5 Å². The number of hydrogen-bond acceptors (Lipinski definition) is 9. The second kappa shape index (κ2) is 10.5. The van der Waals surface area contributed by atoms with E-state index in [0.29, 0.717) is 0 Å². The van der Waals surface area contributed by atoms with Gasteiger partial charge in [-0.3, -0.25) is 14.1 Å². The molecule has 2 aliphatic rings. The molecule has 2 aliphatic heterocycles. The topological polar surface area (TPSA) is 181 Å². The van der Waals surface area contributed by atoms with Gasteiger partial charge in [0, 0.05) is 12.7 Å². The maximum absolute atomic E-state index is 13.2. The second-order valence-corrected chi connectivity index (χ2v) is 9.17. The van der Waals surface area contributed by atoms with E-state index in [1.165, 1.54) is 36.2 Å². The number of aliphatic carboxylic acids is 1. The summed E-state index contributed by atoms with van der Waals surface area (Å²) < 4.78 is 29.7. The van der Waals surface area contributed by atoms with Crippen LogP contribution in [0.15, 0.2) is 54.3 Å². The molecular weight excluding hydrogens is 457 g/mol. The van der Waals surface area contributed by atoms with Crippen LogP contribution in [0.1, 0.15) is 6.92 Å². The standard InChI is InChI=1S/C20H26N3O9P/c1-12(20(27)28)22-33(29,32-14-7-3-2-4-8-14)30-11-15-16(24)17(25)19(31-15)23-9-5-6-13(10-23)18(21)26/h2-8,10,12,15-17,19,24-25H,9,11H2,1H3,(H2,21,26)(H,22,29)(H,27,28)/t12-,15?,16+,17+,19+,33?/m0/s1. The van der Waals surface area contributed by atoms with Crippen LogP contribution in [0.2, 0.25) is 0 Å². The minimum Gasteiger partial charge on any atom is -0.480 e. The van der Waals surface area contributed by atoms with Crippen molar-refractivity contribution in [2.75, 3.05) is 13.2 Å². The smallest absolute Gasteiger partial charge is 0.459 e. The molecule has 1 saturated heterocycles. The lowest BCUT2D eigenvalue weighted by Crippen LogP contribution is -2.42. The third kappa shape index (κ3) is 6.20. The van der Waals surface area contributed by atoms with E-state index in [1.807, 2.05) is 0 Å². The Morgan fingerprint density at radius 1 is 1.30 bits per heavy atom. The summed E-state index contributed by atoms with van der Waals surface area (Å²) in [5.41, 5.74) is 5.48. The highest BCUT2D eigenvalue weighted by Crippen LogP contribution is 2.45. The molecule has 3 rings (SSSR count). The minimum atomic E-state index is -4.23. The molecule has 0 radical (unpaired) electrons. The number of benzene rings is 1. The van der Waals surface area contributed by atoms with Gasteiger partial charge in [-0.15, -0.1) is 0 Å². The number of nitrogens with one attached hydrogen (secondary N) is 1. The van der Waals surface area contributed by atoms with Crippen LogP contribution in [0, 0.1) is 0 Å². The molecule has 1 aromatic rings. The zero-order valence-electron chi connectivity index (χ0n) is 17.7. The average molecular weight is 483 g/mol. The van der Waals surface area contributed by atoms with Crippen molar-refractivity contribution in [3.05, 3.63) is 54.3 Å². The van der Waals surface area contributed by atoms with E-state index in [9.17, 15) is 24.4 Å². The van der Waals surface area contributed by atoms with Crippen LogP contribution in [-0.4, -0.2) is 75.8 Å². The fourth-order valence-electron chi connectivity index (χ4n) is 3.21. The lowest BCUT2D eigenvalue weighted by atomic mass is 10.1. The Bertz CT molecular complexity index is 971. The molecule has 0 saturated carbocycles. The average Bonchev–Trinajstić information content (AvgIpc) is 3.07. The van der Waals surface area contributed by atoms with Crippen molar-refractivity contribution < 1.29 is 43.3 Å². The first-order chi connectivity index (χ1) is 15.6. The van der Waals surface area contributed by atoms with Gasteiger partial charge in [0.15, 0.2) is 6.23 Å². The molecular formula is C20H26N3O9P. The van der Waals surface area contributed by atoms with Gasteiger partial charge in [0.25, 0.3) is 0 Å². The number of carboxylic acid groups (broad SMARTS) is 1. The number of amides is 1. The molecule has 13 heteroatoms. The molecule has 2 heterocycles. The number of aliphatic hydroxyl groups is 2. The molecule has 1 fully saturated rings. The van der Waals surface area contributed by atoms with Gasteiger partial charge in [-0.05, 0) is 19.1 Å². The maximum Gasteiger partial charge on any atom is 0.459 e. The number of carbonyl (C=O) groups excluding carboxylic acids is 1. The van der Waals surface area contributed by atoms with E-state index in [0.717, 1.165) is 0 Å². The molecule has 1 amide bonds. The van der Waals surface area contributed by atoms with Gasteiger partial charge in [-0.2, -0.15) is 5.09 Å². The molecule has 0 aliphatic carbocycles. The van der Waals surface area contributed by atoms with Crippen molar-refractivity contribution in [1.29, 1.82) is 0 Å². The molecule has 0 spiro atoms. The molecule has 6 atom stereocenters. The SMILES string of the molecule is C[C@H](NP(=O)(OCC1O[C@@H](N2C=C(C(N)=O)C=CC2)[C@H](O)[C@@H]1O)Oc1ccccc1)C(=O)O. The maximum atomic E-state index is 13.2.